The molecular formula is C18H25FN4S. The predicted octanol–water partition coefficient (Wildman–Crippen LogP) is 3.58. The molecule has 0 atom stereocenters. The van der Waals surface area contributed by atoms with Gasteiger partial charge in [-0.1, -0.05) is 26.0 Å². The lowest BCUT2D eigenvalue weighted by atomic mass is 9.84. The van der Waals surface area contributed by atoms with Crippen molar-refractivity contribution in [3.05, 3.63) is 51.7 Å². The molecule has 6 heteroatoms. The Bertz CT molecular complexity index is 709. The van der Waals surface area contributed by atoms with Crippen LogP contribution < -0.4 is 5.32 Å². The molecule has 2 aromatic rings. The number of nitrogens with zero attached hydrogens (tertiary/aromatic N) is 3. The molecular weight excluding hydrogens is 323 g/mol. The van der Waals surface area contributed by atoms with Gasteiger partial charge >= 0.3 is 0 Å². The Kier molecular flexibility index (Phi) is 5.94. The normalized spacial score (nSPS) is 12.3. The molecule has 0 bridgehead atoms. The van der Waals surface area contributed by atoms with Crippen molar-refractivity contribution < 1.29 is 4.39 Å². The molecule has 0 amide bonds. The van der Waals surface area contributed by atoms with E-state index < -0.39 is 0 Å². The quantitative estimate of drug-likeness (QED) is 0.663. The Morgan fingerprint density at radius 2 is 2.17 bits per heavy atom. The highest BCUT2D eigenvalue weighted by Gasteiger charge is 2.22. The summed E-state index contributed by atoms with van der Waals surface area (Å²) in [5.41, 5.74) is 1.78. The molecule has 1 aromatic carbocycles. The van der Waals surface area contributed by atoms with Crippen LogP contribution in [0.2, 0.25) is 0 Å². The van der Waals surface area contributed by atoms with Gasteiger partial charge < -0.3 is 10.2 Å². The number of aryl methyl sites for hydroxylation is 1. The summed E-state index contributed by atoms with van der Waals surface area (Å²) >= 11 is 1.65. The smallest absolute Gasteiger partial charge is 0.193 e. The lowest BCUT2D eigenvalue weighted by molar-refractivity contribution is 0.444. The largest absolute Gasteiger partial charge is 0.355 e. The number of nitrogens with one attached hydrogen (secondary N) is 1. The van der Waals surface area contributed by atoms with Crippen molar-refractivity contribution in [1.29, 1.82) is 0 Å². The van der Waals surface area contributed by atoms with Crippen LogP contribution in [0.15, 0.2) is 34.6 Å². The van der Waals surface area contributed by atoms with Crippen molar-refractivity contribution in [3.63, 3.8) is 0 Å². The van der Waals surface area contributed by atoms with Crippen molar-refractivity contribution in [2.45, 2.75) is 32.7 Å². The van der Waals surface area contributed by atoms with Gasteiger partial charge in [-0.3, -0.25) is 4.99 Å². The van der Waals surface area contributed by atoms with Gasteiger partial charge in [-0.25, -0.2) is 9.37 Å². The Morgan fingerprint density at radius 1 is 1.42 bits per heavy atom. The molecule has 0 saturated carbocycles. The maximum absolute atomic E-state index is 13.5. The summed E-state index contributed by atoms with van der Waals surface area (Å²) in [6.45, 7) is 7.54. The highest BCUT2D eigenvalue weighted by atomic mass is 32.1. The highest BCUT2D eigenvalue weighted by Crippen LogP contribution is 2.23. The van der Waals surface area contributed by atoms with Crippen LogP contribution >= 0.6 is 11.3 Å². The van der Waals surface area contributed by atoms with E-state index in [1.807, 2.05) is 24.9 Å². The van der Waals surface area contributed by atoms with E-state index in [4.69, 9.17) is 0 Å². The topological polar surface area (TPSA) is 40.5 Å². The van der Waals surface area contributed by atoms with Crippen LogP contribution in [-0.2, 0) is 12.0 Å². The SMILES string of the molecule is CN=C(NCC(C)(C)c1cccc(F)c1)N(C)Cc1csc(C)n1. The van der Waals surface area contributed by atoms with Gasteiger partial charge in [-0.15, -0.1) is 11.3 Å². The molecule has 0 radical (unpaired) electrons. The first-order valence-corrected chi connectivity index (χ1v) is 8.78. The lowest BCUT2D eigenvalue weighted by Gasteiger charge is -2.29. The van der Waals surface area contributed by atoms with Crippen LogP contribution in [0.1, 0.15) is 30.1 Å². The first-order valence-electron chi connectivity index (χ1n) is 7.90. The predicted molar refractivity (Wildman–Crippen MR) is 99.1 cm³/mol. The molecule has 24 heavy (non-hydrogen) atoms. The molecule has 0 aliphatic carbocycles. The van der Waals surface area contributed by atoms with E-state index >= 15 is 0 Å². The second-order valence-corrected chi connectivity index (χ2v) is 7.57. The van der Waals surface area contributed by atoms with E-state index in [0.29, 0.717) is 13.1 Å². The van der Waals surface area contributed by atoms with E-state index in [-0.39, 0.29) is 11.2 Å². The van der Waals surface area contributed by atoms with Crippen LogP contribution in [0, 0.1) is 12.7 Å². The fourth-order valence-electron chi connectivity index (χ4n) is 2.50. The fourth-order valence-corrected chi connectivity index (χ4v) is 3.10. The third-order valence-electron chi connectivity index (χ3n) is 3.93. The number of rotatable bonds is 5. The summed E-state index contributed by atoms with van der Waals surface area (Å²) in [5.74, 6) is 0.589. The van der Waals surface area contributed by atoms with Crippen LogP contribution in [0.3, 0.4) is 0 Å². The molecule has 4 nitrogen and oxygen atoms in total. The number of aromatic nitrogens is 1. The Hall–Kier alpha value is -1.95. The summed E-state index contributed by atoms with van der Waals surface area (Å²) in [5, 5.41) is 6.51. The Morgan fingerprint density at radius 3 is 2.75 bits per heavy atom. The van der Waals surface area contributed by atoms with Crippen LogP contribution in [0.5, 0.6) is 0 Å². The van der Waals surface area contributed by atoms with E-state index in [0.717, 1.165) is 22.2 Å². The molecule has 0 aliphatic heterocycles. The monoisotopic (exact) mass is 348 g/mol. The standard InChI is InChI=1S/C18H25FN4S/c1-13-22-16(11-24-13)10-23(5)17(20-4)21-12-18(2,3)14-7-6-8-15(19)9-14/h6-9,11H,10,12H2,1-5H3,(H,20,21). The maximum Gasteiger partial charge on any atom is 0.193 e. The molecule has 1 N–H and O–H groups in total. The first kappa shape index (κ1) is 18.4. The summed E-state index contributed by atoms with van der Waals surface area (Å²) < 4.78 is 13.5. The van der Waals surface area contributed by atoms with Gasteiger partial charge in [0.1, 0.15) is 5.82 Å². The minimum absolute atomic E-state index is 0.207. The number of guanidine groups is 1. The van der Waals surface area contributed by atoms with Crippen molar-refractivity contribution in [2.24, 2.45) is 4.99 Å². The second-order valence-electron chi connectivity index (χ2n) is 6.51. The van der Waals surface area contributed by atoms with E-state index in [1.54, 1.807) is 30.5 Å². The summed E-state index contributed by atoms with van der Waals surface area (Å²) in [6.07, 6.45) is 0. The second kappa shape index (κ2) is 7.75. The van der Waals surface area contributed by atoms with Crippen molar-refractivity contribution in [3.8, 4) is 0 Å². The minimum Gasteiger partial charge on any atom is -0.355 e. The zero-order valence-corrected chi connectivity index (χ0v) is 15.7. The van der Waals surface area contributed by atoms with Gasteiger partial charge in [0.05, 0.1) is 17.2 Å². The number of halogens is 1. The van der Waals surface area contributed by atoms with E-state index in [2.05, 4.69) is 34.5 Å². The minimum atomic E-state index is -0.212. The van der Waals surface area contributed by atoms with Gasteiger partial charge in [-0.05, 0) is 24.6 Å². The Balaban J connectivity index is 1.99. The molecule has 0 fully saturated rings. The van der Waals surface area contributed by atoms with E-state index in [9.17, 15) is 4.39 Å². The van der Waals surface area contributed by atoms with Gasteiger partial charge in [-0.2, -0.15) is 0 Å². The molecule has 0 unspecified atom stereocenters. The third-order valence-corrected chi connectivity index (χ3v) is 4.76. The number of hydrogen-bond donors (Lipinski definition) is 1. The van der Waals surface area contributed by atoms with Crippen LogP contribution in [0.25, 0.3) is 0 Å². The number of benzene rings is 1. The van der Waals surface area contributed by atoms with Crippen molar-refractivity contribution in [2.75, 3.05) is 20.6 Å². The first-order chi connectivity index (χ1) is 11.3. The van der Waals surface area contributed by atoms with Gasteiger partial charge in [0.15, 0.2) is 5.96 Å². The summed E-state index contributed by atoms with van der Waals surface area (Å²) in [4.78, 5) is 10.9. The molecule has 0 aliphatic rings. The molecule has 2 rings (SSSR count). The van der Waals surface area contributed by atoms with Crippen LogP contribution in [0.4, 0.5) is 4.39 Å². The molecule has 0 saturated heterocycles. The van der Waals surface area contributed by atoms with Gasteiger partial charge in [0.25, 0.3) is 0 Å². The van der Waals surface area contributed by atoms with Crippen molar-refractivity contribution >= 4 is 17.3 Å². The average molecular weight is 348 g/mol. The molecule has 130 valence electrons. The average Bonchev–Trinajstić information content (AvgIpc) is 2.93. The zero-order chi connectivity index (χ0) is 17.7. The van der Waals surface area contributed by atoms with Gasteiger partial charge in [0.2, 0.25) is 0 Å². The number of hydrogen-bond acceptors (Lipinski definition) is 3. The van der Waals surface area contributed by atoms with Gasteiger partial charge in [0, 0.05) is 31.4 Å². The van der Waals surface area contributed by atoms with Crippen molar-refractivity contribution in [1.82, 2.24) is 15.2 Å². The number of aliphatic imine (C=N–C) groups is 1. The van der Waals surface area contributed by atoms with Crippen LogP contribution in [-0.4, -0.2) is 36.5 Å². The number of thiazole rings is 1. The Labute approximate surface area is 147 Å². The summed E-state index contributed by atoms with van der Waals surface area (Å²) in [7, 11) is 3.75. The zero-order valence-electron chi connectivity index (χ0n) is 14.9. The fraction of sp³-hybridized carbons (Fsp3) is 0.444. The molecule has 0 spiro atoms. The highest BCUT2D eigenvalue weighted by molar-refractivity contribution is 7.09. The lowest BCUT2D eigenvalue weighted by Crippen LogP contribution is -2.44. The molecule has 1 heterocycles. The summed E-state index contributed by atoms with van der Waals surface area (Å²) in [6, 6.07) is 6.76. The van der Waals surface area contributed by atoms with E-state index in [1.165, 1.54) is 6.07 Å². The molecule has 1 aromatic heterocycles. The maximum atomic E-state index is 13.5. The third kappa shape index (κ3) is 4.77.